The third-order valence-corrected chi connectivity index (χ3v) is 7.30. The summed E-state index contributed by atoms with van der Waals surface area (Å²) >= 11 is 3.40. The van der Waals surface area contributed by atoms with Crippen molar-refractivity contribution in [1.82, 2.24) is 9.97 Å². The first-order valence-electron chi connectivity index (χ1n) is 9.42. The number of non-ortho nitro benzene ring substituents is 1. The normalized spacial score (nSPS) is 13.4. The van der Waals surface area contributed by atoms with Crippen molar-refractivity contribution in [3.63, 3.8) is 0 Å². The fourth-order valence-corrected chi connectivity index (χ4v) is 5.15. The van der Waals surface area contributed by atoms with Crippen LogP contribution in [0.4, 0.5) is 23.0 Å². The number of hydrogen-bond acceptors (Lipinski definition) is 7. The van der Waals surface area contributed by atoms with Gasteiger partial charge in [0.15, 0.2) is 11.6 Å². The van der Waals surface area contributed by atoms with Crippen LogP contribution in [0, 0.1) is 10.1 Å². The first-order chi connectivity index (χ1) is 15.3. The van der Waals surface area contributed by atoms with Crippen molar-refractivity contribution in [2.75, 3.05) is 15.9 Å². The van der Waals surface area contributed by atoms with Crippen molar-refractivity contribution in [1.29, 1.82) is 0 Å². The predicted molar refractivity (Wildman–Crippen MR) is 123 cm³/mol. The molecular formula is C21H14BrN5O4S. The molecule has 0 saturated carbocycles. The number of hydrogen-bond donors (Lipinski definition) is 0. The SMILES string of the molecule is O=[N+]([O-])c1cccc(S(=O)(=O)N2CN(c3ccc(Br)cc3)c3nc4ccccc4nc32)c1. The lowest BCUT2D eigenvalue weighted by Crippen LogP contribution is -2.34. The van der Waals surface area contributed by atoms with Crippen LogP contribution >= 0.6 is 15.9 Å². The van der Waals surface area contributed by atoms with Crippen LogP contribution < -0.4 is 9.21 Å². The molecule has 3 aromatic carbocycles. The zero-order valence-electron chi connectivity index (χ0n) is 16.3. The van der Waals surface area contributed by atoms with E-state index in [0.29, 0.717) is 16.9 Å². The number of nitro groups is 1. The third-order valence-electron chi connectivity index (χ3n) is 5.05. The molecule has 0 atom stereocenters. The van der Waals surface area contributed by atoms with Gasteiger partial charge in [-0.15, -0.1) is 0 Å². The molecule has 0 unspecified atom stereocenters. The molecule has 2 heterocycles. The molecule has 0 aliphatic carbocycles. The maximum Gasteiger partial charge on any atom is 0.270 e. The molecule has 11 heteroatoms. The fourth-order valence-electron chi connectivity index (χ4n) is 3.49. The summed E-state index contributed by atoms with van der Waals surface area (Å²) in [5, 5.41) is 11.2. The quantitative estimate of drug-likeness (QED) is 0.290. The lowest BCUT2D eigenvalue weighted by atomic mass is 10.3. The number of fused-ring (bicyclic) bond motifs is 2. The summed E-state index contributed by atoms with van der Waals surface area (Å²) in [6.45, 7) is -0.0711. The van der Waals surface area contributed by atoms with Crippen molar-refractivity contribution in [2.24, 2.45) is 0 Å². The van der Waals surface area contributed by atoms with E-state index in [0.717, 1.165) is 20.5 Å². The minimum atomic E-state index is -4.15. The largest absolute Gasteiger partial charge is 0.304 e. The van der Waals surface area contributed by atoms with Gasteiger partial charge >= 0.3 is 0 Å². The summed E-state index contributed by atoms with van der Waals surface area (Å²) in [5.41, 5.74) is 1.60. The minimum Gasteiger partial charge on any atom is -0.304 e. The smallest absolute Gasteiger partial charge is 0.270 e. The Hall–Kier alpha value is -3.57. The van der Waals surface area contributed by atoms with Crippen molar-refractivity contribution in [3.8, 4) is 0 Å². The third kappa shape index (κ3) is 3.35. The van der Waals surface area contributed by atoms with Gasteiger partial charge in [-0.25, -0.2) is 22.7 Å². The minimum absolute atomic E-state index is 0.0711. The number of rotatable bonds is 4. The van der Waals surface area contributed by atoms with Crippen LogP contribution in [0.15, 0.2) is 82.2 Å². The van der Waals surface area contributed by atoms with Crippen molar-refractivity contribution < 1.29 is 13.3 Å². The van der Waals surface area contributed by atoms with Gasteiger partial charge in [0.05, 0.1) is 20.9 Å². The molecule has 9 nitrogen and oxygen atoms in total. The predicted octanol–water partition coefficient (Wildman–Crippen LogP) is 4.61. The molecule has 0 bridgehead atoms. The van der Waals surface area contributed by atoms with Gasteiger partial charge < -0.3 is 4.90 Å². The van der Waals surface area contributed by atoms with E-state index in [-0.39, 0.29) is 23.1 Å². The lowest BCUT2D eigenvalue weighted by molar-refractivity contribution is -0.385. The maximum absolute atomic E-state index is 13.5. The number of halogens is 1. The van der Waals surface area contributed by atoms with Gasteiger partial charge in [0.25, 0.3) is 15.7 Å². The summed E-state index contributed by atoms with van der Waals surface area (Å²) in [6.07, 6.45) is 0. The van der Waals surface area contributed by atoms with Crippen LogP contribution in [-0.2, 0) is 10.0 Å². The number of nitro benzene ring substituents is 1. The summed E-state index contributed by atoms with van der Waals surface area (Å²) in [6, 6.07) is 19.5. The van der Waals surface area contributed by atoms with E-state index in [1.807, 2.05) is 30.3 Å². The average molecular weight is 512 g/mol. The molecule has 0 radical (unpaired) electrons. The Morgan fingerprint density at radius 3 is 2.22 bits per heavy atom. The van der Waals surface area contributed by atoms with E-state index in [1.54, 1.807) is 23.1 Å². The summed E-state index contributed by atoms with van der Waals surface area (Å²) in [4.78, 5) is 21.4. The van der Waals surface area contributed by atoms with Crippen LogP contribution in [0.25, 0.3) is 11.0 Å². The Kier molecular flexibility index (Phi) is 4.79. The molecule has 32 heavy (non-hydrogen) atoms. The molecule has 0 spiro atoms. The Balaban J connectivity index is 1.69. The van der Waals surface area contributed by atoms with Gasteiger partial charge in [0.2, 0.25) is 0 Å². The van der Waals surface area contributed by atoms with Gasteiger partial charge in [-0.05, 0) is 42.5 Å². The lowest BCUT2D eigenvalue weighted by Gasteiger charge is -2.20. The fraction of sp³-hybridized carbons (Fsp3) is 0.0476. The van der Waals surface area contributed by atoms with Gasteiger partial charge in [0, 0.05) is 22.3 Å². The van der Waals surface area contributed by atoms with E-state index >= 15 is 0 Å². The first kappa shape index (κ1) is 20.3. The molecule has 5 rings (SSSR count). The second kappa shape index (κ2) is 7.53. The zero-order valence-corrected chi connectivity index (χ0v) is 18.7. The van der Waals surface area contributed by atoms with Crippen molar-refractivity contribution >= 4 is 60.0 Å². The molecule has 160 valence electrons. The maximum atomic E-state index is 13.5. The number of aromatic nitrogens is 2. The summed E-state index contributed by atoms with van der Waals surface area (Å²) in [5.74, 6) is 0.554. The molecule has 1 aromatic heterocycles. The van der Waals surface area contributed by atoms with Gasteiger partial charge in [-0.1, -0.05) is 34.1 Å². The van der Waals surface area contributed by atoms with E-state index < -0.39 is 14.9 Å². The van der Waals surface area contributed by atoms with Crippen molar-refractivity contribution in [2.45, 2.75) is 4.90 Å². The molecule has 0 amide bonds. The Labute approximate surface area is 191 Å². The highest BCUT2D eigenvalue weighted by Crippen LogP contribution is 2.41. The molecule has 1 aliphatic heterocycles. The highest BCUT2D eigenvalue weighted by Gasteiger charge is 2.39. The molecule has 0 N–H and O–H groups in total. The standard InChI is InChI=1S/C21H14BrN5O4S/c22-14-8-10-15(11-9-14)25-13-26(21-20(25)23-18-6-1-2-7-19(18)24-21)32(30,31)17-5-3-4-16(12-17)27(28)29/h1-12H,13H2. The monoisotopic (exact) mass is 511 g/mol. The van der Waals surface area contributed by atoms with Gasteiger partial charge in [-0.3, -0.25) is 10.1 Å². The Bertz CT molecular complexity index is 1480. The number of anilines is 3. The van der Waals surface area contributed by atoms with E-state index in [9.17, 15) is 18.5 Å². The Morgan fingerprint density at radius 2 is 1.56 bits per heavy atom. The van der Waals surface area contributed by atoms with Gasteiger partial charge in [0.1, 0.15) is 6.67 Å². The average Bonchev–Trinajstić information content (AvgIpc) is 3.17. The van der Waals surface area contributed by atoms with E-state index in [1.165, 1.54) is 18.2 Å². The summed E-state index contributed by atoms with van der Waals surface area (Å²) < 4.78 is 29.1. The topological polar surface area (TPSA) is 110 Å². The second-order valence-electron chi connectivity index (χ2n) is 7.01. The van der Waals surface area contributed by atoms with Crippen molar-refractivity contribution in [3.05, 3.63) is 87.4 Å². The highest BCUT2D eigenvalue weighted by molar-refractivity contribution is 9.10. The molecular weight excluding hydrogens is 498 g/mol. The number of para-hydroxylation sites is 2. The number of benzene rings is 3. The molecule has 4 aromatic rings. The van der Waals surface area contributed by atoms with Crippen LogP contribution in [0.3, 0.4) is 0 Å². The van der Waals surface area contributed by atoms with Crippen LogP contribution in [-0.4, -0.2) is 30.0 Å². The van der Waals surface area contributed by atoms with Crippen LogP contribution in [0.5, 0.6) is 0 Å². The molecule has 0 fully saturated rings. The first-order valence-corrected chi connectivity index (χ1v) is 11.6. The number of nitrogens with zero attached hydrogens (tertiary/aromatic N) is 5. The van der Waals surface area contributed by atoms with Crippen LogP contribution in [0.2, 0.25) is 0 Å². The molecule has 1 aliphatic rings. The zero-order chi connectivity index (χ0) is 22.5. The van der Waals surface area contributed by atoms with Gasteiger partial charge in [-0.2, -0.15) is 0 Å². The number of sulfonamides is 1. The van der Waals surface area contributed by atoms with E-state index in [2.05, 4.69) is 25.9 Å². The van der Waals surface area contributed by atoms with Crippen LogP contribution in [0.1, 0.15) is 0 Å². The molecule has 0 saturated heterocycles. The van der Waals surface area contributed by atoms with E-state index in [4.69, 9.17) is 0 Å². The second-order valence-corrected chi connectivity index (χ2v) is 9.79. The summed E-state index contributed by atoms with van der Waals surface area (Å²) in [7, 11) is -4.15. The highest BCUT2D eigenvalue weighted by atomic mass is 79.9. The Morgan fingerprint density at radius 1 is 0.906 bits per heavy atom.